The van der Waals surface area contributed by atoms with Gasteiger partial charge in [0.1, 0.15) is 12.6 Å². The summed E-state index contributed by atoms with van der Waals surface area (Å²) in [6.45, 7) is 7.43. The van der Waals surface area contributed by atoms with Crippen LogP contribution in [0.1, 0.15) is 37.0 Å². The Morgan fingerprint density at radius 2 is 1.58 bits per heavy atom. The number of carbonyl (C=O) groups is 2. The Morgan fingerprint density at radius 3 is 2.18 bits per heavy atom. The molecule has 0 aliphatic heterocycles. The SMILES string of the molecule is CCNC(=O)C(CC)N(Cc1ccccc1C)C(=O)CN(c1ccc(Cl)cc1C)S(=O)(=O)c1ccccc1. The molecule has 9 heteroatoms. The number of sulfonamides is 1. The molecule has 0 aromatic heterocycles. The van der Waals surface area contributed by atoms with Crippen molar-refractivity contribution in [2.24, 2.45) is 0 Å². The number of benzene rings is 3. The van der Waals surface area contributed by atoms with Gasteiger partial charge in [-0.05, 0) is 74.2 Å². The van der Waals surface area contributed by atoms with Crippen molar-refractivity contribution in [2.45, 2.75) is 51.6 Å². The first-order valence-corrected chi connectivity index (χ1v) is 14.4. The Balaban J connectivity index is 2.10. The number of nitrogens with one attached hydrogen (secondary N) is 1. The second-order valence-electron chi connectivity index (χ2n) is 9.02. The maximum absolute atomic E-state index is 14.0. The molecule has 0 fully saturated rings. The fourth-order valence-electron chi connectivity index (χ4n) is 4.31. The smallest absolute Gasteiger partial charge is 0.264 e. The molecular formula is C29H34ClN3O4S. The van der Waals surface area contributed by atoms with Gasteiger partial charge < -0.3 is 10.2 Å². The molecule has 0 spiro atoms. The number of rotatable bonds is 11. The van der Waals surface area contributed by atoms with E-state index in [9.17, 15) is 18.0 Å². The van der Waals surface area contributed by atoms with Crippen LogP contribution in [0.3, 0.4) is 0 Å². The Bertz CT molecular complexity index is 1380. The lowest BCUT2D eigenvalue weighted by atomic mass is 10.1. The van der Waals surface area contributed by atoms with Crippen molar-refractivity contribution < 1.29 is 18.0 Å². The second-order valence-corrected chi connectivity index (χ2v) is 11.3. The van der Waals surface area contributed by atoms with E-state index in [2.05, 4.69) is 5.32 Å². The Kier molecular flexibility index (Phi) is 9.94. The van der Waals surface area contributed by atoms with Gasteiger partial charge in [-0.1, -0.05) is 61.0 Å². The summed E-state index contributed by atoms with van der Waals surface area (Å²) in [5, 5.41) is 3.27. The van der Waals surface area contributed by atoms with Crippen molar-refractivity contribution in [3.63, 3.8) is 0 Å². The maximum Gasteiger partial charge on any atom is 0.264 e. The van der Waals surface area contributed by atoms with Gasteiger partial charge in [0.05, 0.1) is 10.6 Å². The first-order valence-electron chi connectivity index (χ1n) is 12.6. The van der Waals surface area contributed by atoms with E-state index in [1.54, 1.807) is 43.3 Å². The lowest BCUT2D eigenvalue weighted by Gasteiger charge is -2.33. The number of hydrogen-bond donors (Lipinski definition) is 1. The van der Waals surface area contributed by atoms with Crippen LogP contribution in [0.4, 0.5) is 5.69 Å². The van der Waals surface area contributed by atoms with Crippen LogP contribution >= 0.6 is 11.6 Å². The molecule has 2 amide bonds. The summed E-state index contributed by atoms with van der Waals surface area (Å²) in [6.07, 6.45) is 0.370. The molecule has 38 heavy (non-hydrogen) atoms. The number of hydrogen-bond acceptors (Lipinski definition) is 4. The molecule has 7 nitrogen and oxygen atoms in total. The Morgan fingerprint density at radius 1 is 0.921 bits per heavy atom. The van der Waals surface area contributed by atoms with Gasteiger partial charge in [0.2, 0.25) is 11.8 Å². The predicted molar refractivity (Wildman–Crippen MR) is 152 cm³/mol. The van der Waals surface area contributed by atoms with E-state index in [0.717, 1.165) is 15.4 Å². The lowest BCUT2D eigenvalue weighted by molar-refractivity contribution is -0.140. The van der Waals surface area contributed by atoms with E-state index < -0.39 is 28.5 Å². The molecule has 0 aliphatic carbocycles. The topological polar surface area (TPSA) is 86.8 Å². The van der Waals surface area contributed by atoms with E-state index in [1.165, 1.54) is 17.0 Å². The molecule has 1 atom stereocenters. The number of carbonyl (C=O) groups excluding carboxylic acids is 2. The van der Waals surface area contributed by atoms with Gasteiger partial charge in [-0.15, -0.1) is 0 Å². The van der Waals surface area contributed by atoms with Gasteiger partial charge in [0.25, 0.3) is 10.0 Å². The van der Waals surface area contributed by atoms with Gasteiger partial charge in [0, 0.05) is 18.1 Å². The number of anilines is 1. The molecule has 1 N–H and O–H groups in total. The first-order chi connectivity index (χ1) is 18.1. The van der Waals surface area contributed by atoms with Gasteiger partial charge in [-0.25, -0.2) is 8.42 Å². The number of nitrogens with zero attached hydrogens (tertiary/aromatic N) is 2. The van der Waals surface area contributed by atoms with Crippen LogP contribution < -0.4 is 9.62 Å². The van der Waals surface area contributed by atoms with Crippen molar-refractivity contribution in [2.75, 3.05) is 17.4 Å². The molecule has 0 aliphatic rings. The van der Waals surface area contributed by atoms with Crippen molar-refractivity contribution in [1.82, 2.24) is 10.2 Å². The minimum Gasteiger partial charge on any atom is -0.355 e. The second kappa shape index (κ2) is 12.9. The van der Waals surface area contributed by atoms with Crippen molar-refractivity contribution in [3.05, 3.63) is 94.5 Å². The Hall–Kier alpha value is -3.36. The zero-order valence-electron chi connectivity index (χ0n) is 22.1. The number of amides is 2. The number of aryl methyl sites for hydroxylation is 2. The highest BCUT2D eigenvalue weighted by atomic mass is 35.5. The highest BCUT2D eigenvalue weighted by molar-refractivity contribution is 7.92. The van der Waals surface area contributed by atoms with Gasteiger partial charge in [-0.2, -0.15) is 0 Å². The van der Waals surface area contributed by atoms with Gasteiger partial charge in [0.15, 0.2) is 0 Å². The third-order valence-electron chi connectivity index (χ3n) is 6.38. The molecule has 3 aromatic rings. The fraction of sp³-hybridized carbons (Fsp3) is 0.310. The molecular weight excluding hydrogens is 522 g/mol. The van der Waals surface area contributed by atoms with Crippen LogP contribution in [0.2, 0.25) is 5.02 Å². The normalized spacial score (nSPS) is 12.0. The molecule has 0 heterocycles. The highest BCUT2D eigenvalue weighted by Gasteiger charge is 2.34. The minimum atomic E-state index is -4.12. The maximum atomic E-state index is 14.0. The molecule has 0 saturated heterocycles. The van der Waals surface area contributed by atoms with Crippen molar-refractivity contribution in [1.29, 1.82) is 0 Å². The Labute approximate surface area is 230 Å². The summed E-state index contributed by atoms with van der Waals surface area (Å²) in [4.78, 5) is 28.6. The molecule has 202 valence electrons. The largest absolute Gasteiger partial charge is 0.355 e. The van der Waals surface area contributed by atoms with E-state index in [4.69, 9.17) is 11.6 Å². The van der Waals surface area contributed by atoms with Crippen LogP contribution in [0.15, 0.2) is 77.7 Å². The average molecular weight is 556 g/mol. The highest BCUT2D eigenvalue weighted by Crippen LogP contribution is 2.29. The molecule has 0 saturated carbocycles. The van der Waals surface area contributed by atoms with Crippen LogP contribution in [-0.2, 0) is 26.2 Å². The lowest BCUT2D eigenvalue weighted by Crippen LogP contribution is -2.52. The van der Waals surface area contributed by atoms with Crippen LogP contribution in [0.5, 0.6) is 0 Å². The van der Waals surface area contributed by atoms with Crippen LogP contribution in [-0.4, -0.2) is 44.3 Å². The molecule has 3 rings (SSSR count). The standard InChI is InChI=1S/C29H34ClN3O4S/c1-5-26(29(35)31-6-2)32(19-23-13-11-10-12-21(23)3)28(34)20-33(27-17-16-24(30)18-22(27)4)38(36,37)25-14-8-7-9-15-25/h7-18,26H,5-6,19-20H2,1-4H3,(H,31,35). The average Bonchev–Trinajstić information content (AvgIpc) is 2.89. The minimum absolute atomic E-state index is 0.0587. The zero-order valence-corrected chi connectivity index (χ0v) is 23.7. The predicted octanol–water partition coefficient (Wildman–Crippen LogP) is 5.10. The fourth-order valence-corrected chi connectivity index (χ4v) is 6.04. The molecule has 0 bridgehead atoms. The molecule has 1 unspecified atom stereocenters. The quantitative estimate of drug-likeness (QED) is 0.357. The van der Waals surface area contributed by atoms with Crippen molar-refractivity contribution >= 4 is 39.1 Å². The summed E-state index contributed by atoms with van der Waals surface area (Å²) in [5.41, 5.74) is 2.79. The summed E-state index contributed by atoms with van der Waals surface area (Å²) in [7, 11) is -4.12. The van der Waals surface area contributed by atoms with E-state index >= 15 is 0 Å². The summed E-state index contributed by atoms with van der Waals surface area (Å²) >= 11 is 6.15. The number of likely N-dealkylation sites (N-methyl/N-ethyl adjacent to an activating group) is 1. The molecule has 0 radical (unpaired) electrons. The van der Waals surface area contributed by atoms with E-state index in [-0.39, 0.29) is 17.3 Å². The van der Waals surface area contributed by atoms with E-state index in [1.807, 2.05) is 45.0 Å². The van der Waals surface area contributed by atoms with Gasteiger partial charge in [-0.3, -0.25) is 13.9 Å². The van der Waals surface area contributed by atoms with Crippen LogP contribution in [0, 0.1) is 13.8 Å². The summed E-state index contributed by atoms with van der Waals surface area (Å²) in [6, 6.07) is 19.7. The zero-order chi connectivity index (χ0) is 27.9. The molecule has 3 aromatic carbocycles. The third-order valence-corrected chi connectivity index (χ3v) is 8.39. The summed E-state index contributed by atoms with van der Waals surface area (Å²) in [5.74, 6) is -0.766. The first kappa shape index (κ1) is 29.2. The van der Waals surface area contributed by atoms with Crippen LogP contribution in [0.25, 0.3) is 0 Å². The van der Waals surface area contributed by atoms with E-state index in [0.29, 0.717) is 29.2 Å². The van der Waals surface area contributed by atoms with Gasteiger partial charge >= 0.3 is 0 Å². The monoisotopic (exact) mass is 555 g/mol. The third kappa shape index (κ3) is 6.74. The van der Waals surface area contributed by atoms with Crippen molar-refractivity contribution in [3.8, 4) is 0 Å². The number of halogens is 1. The summed E-state index contributed by atoms with van der Waals surface area (Å²) < 4.78 is 28.8.